The van der Waals surface area contributed by atoms with Crippen molar-refractivity contribution >= 4 is 16.0 Å². The molecule has 1 aromatic rings. The van der Waals surface area contributed by atoms with Crippen molar-refractivity contribution in [2.75, 3.05) is 52.7 Å². The minimum absolute atomic E-state index is 0.0940. The van der Waals surface area contributed by atoms with Gasteiger partial charge in [-0.15, -0.1) is 0 Å². The van der Waals surface area contributed by atoms with Crippen molar-refractivity contribution < 1.29 is 32.2 Å². The lowest BCUT2D eigenvalue weighted by Crippen LogP contribution is -2.40. The van der Waals surface area contributed by atoms with E-state index >= 15 is 0 Å². The normalized spacial score (nSPS) is 19.6. The summed E-state index contributed by atoms with van der Waals surface area (Å²) < 4.78 is 47.7. The van der Waals surface area contributed by atoms with Crippen molar-refractivity contribution in [1.29, 1.82) is 0 Å². The highest BCUT2D eigenvalue weighted by molar-refractivity contribution is 7.89. The van der Waals surface area contributed by atoms with Crippen molar-refractivity contribution in [1.82, 2.24) is 4.31 Å². The molecule has 150 valence electrons. The van der Waals surface area contributed by atoms with Crippen LogP contribution in [0.5, 0.6) is 5.75 Å². The summed E-state index contributed by atoms with van der Waals surface area (Å²) in [7, 11) is -3.51. The second-order valence-electron chi connectivity index (χ2n) is 6.39. The molecule has 0 aromatic heterocycles. The number of benzene rings is 1. The SMILES string of the molecule is O=C(OCCOc1ccc(S(=O)(=O)N2CCOCC2)cc1)C1CCOCC1. The van der Waals surface area contributed by atoms with Gasteiger partial charge in [0.05, 0.1) is 24.0 Å². The highest BCUT2D eigenvalue weighted by Gasteiger charge is 2.26. The van der Waals surface area contributed by atoms with Gasteiger partial charge >= 0.3 is 5.97 Å². The molecule has 0 N–H and O–H groups in total. The number of morpholine rings is 1. The Bertz CT molecular complexity index is 708. The average molecular weight is 399 g/mol. The number of carbonyl (C=O) groups is 1. The molecule has 0 radical (unpaired) electrons. The van der Waals surface area contributed by atoms with Gasteiger partial charge in [0, 0.05) is 26.3 Å². The zero-order chi connectivity index (χ0) is 19.1. The first kappa shape index (κ1) is 20.1. The molecule has 8 nitrogen and oxygen atoms in total. The first-order chi connectivity index (χ1) is 13.1. The van der Waals surface area contributed by atoms with Crippen LogP contribution in [-0.2, 0) is 29.0 Å². The van der Waals surface area contributed by atoms with E-state index in [9.17, 15) is 13.2 Å². The quantitative estimate of drug-likeness (QED) is 0.500. The van der Waals surface area contributed by atoms with Crippen LogP contribution in [0.15, 0.2) is 29.2 Å². The van der Waals surface area contributed by atoms with Crippen LogP contribution in [0.3, 0.4) is 0 Å². The third-order valence-corrected chi connectivity index (χ3v) is 6.50. The highest BCUT2D eigenvalue weighted by Crippen LogP contribution is 2.20. The predicted molar refractivity (Wildman–Crippen MR) is 96.0 cm³/mol. The molecule has 2 fully saturated rings. The van der Waals surface area contributed by atoms with E-state index in [1.807, 2.05) is 0 Å². The fraction of sp³-hybridized carbons (Fsp3) is 0.611. The average Bonchev–Trinajstić information content (AvgIpc) is 2.72. The molecule has 2 aliphatic heterocycles. The molecule has 0 amide bonds. The molecule has 2 saturated heterocycles. The number of rotatable bonds is 7. The van der Waals surface area contributed by atoms with Gasteiger partial charge in [0.2, 0.25) is 10.0 Å². The molecule has 9 heteroatoms. The second kappa shape index (κ2) is 9.50. The summed E-state index contributed by atoms with van der Waals surface area (Å²) in [5.41, 5.74) is 0. The Kier molecular flexibility index (Phi) is 7.06. The maximum atomic E-state index is 12.5. The molecular weight excluding hydrogens is 374 g/mol. The van der Waals surface area contributed by atoms with Crippen molar-refractivity contribution in [2.24, 2.45) is 5.92 Å². The third kappa shape index (κ3) is 5.41. The summed E-state index contributed by atoms with van der Waals surface area (Å²) in [6.07, 6.45) is 1.39. The lowest BCUT2D eigenvalue weighted by Gasteiger charge is -2.26. The first-order valence-electron chi connectivity index (χ1n) is 9.12. The molecule has 0 aliphatic carbocycles. The summed E-state index contributed by atoms with van der Waals surface area (Å²) in [5.74, 6) is 0.218. The van der Waals surface area contributed by atoms with Gasteiger partial charge in [-0.25, -0.2) is 8.42 Å². The van der Waals surface area contributed by atoms with E-state index in [-0.39, 0.29) is 30.0 Å². The Hall–Kier alpha value is -1.68. The summed E-state index contributed by atoms with van der Waals surface area (Å²) in [5, 5.41) is 0. The Morgan fingerprint density at radius 2 is 1.63 bits per heavy atom. The van der Waals surface area contributed by atoms with Crippen LogP contribution < -0.4 is 4.74 Å². The molecule has 27 heavy (non-hydrogen) atoms. The molecule has 0 spiro atoms. The van der Waals surface area contributed by atoms with Crippen LogP contribution in [0.2, 0.25) is 0 Å². The second-order valence-corrected chi connectivity index (χ2v) is 8.33. The standard InChI is InChI=1S/C18H25NO7S/c20-18(15-5-9-23-10-6-15)26-14-13-25-16-1-3-17(4-2-16)27(21,22)19-7-11-24-12-8-19/h1-4,15H,5-14H2. The van der Waals surface area contributed by atoms with E-state index in [1.54, 1.807) is 12.1 Å². The van der Waals surface area contributed by atoms with Gasteiger partial charge < -0.3 is 18.9 Å². The first-order valence-corrected chi connectivity index (χ1v) is 10.6. The number of carbonyl (C=O) groups excluding carboxylic acids is 1. The fourth-order valence-electron chi connectivity index (χ4n) is 3.00. The highest BCUT2D eigenvalue weighted by atomic mass is 32.2. The molecule has 1 aromatic carbocycles. The smallest absolute Gasteiger partial charge is 0.309 e. The summed E-state index contributed by atoms with van der Waals surface area (Å²) in [4.78, 5) is 12.1. The van der Waals surface area contributed by atoms with E-state index in [2.05, 4.69) is 0 Å². The van der Waals surface area contributed by atoms with Gasteiger partial charge in [0.15, 0.2) is 0 Å². The summed E-state index contributed by atoms with van der Waals surface area (Å²) >= 11 is 0. The van der Waals surface area contributed by atoms with Crippen LogP contribution in [0.4, 0.5) is 0 Å². The van der Waals surface area contributed by atoms with E-state index in [1.165, 1.54) is 16.4 Å². The number of nitrogens with zero attached hydrogens (tertiary/aromatic N) is 1. The Morgan fingerprint density at radius 1 is 1.00 bits per heavy atom. The van der Waals surface area contributed by atoms with E-state index in [0.29, 0.717) is 58.1 Å². The van der Waals surface area contributed by atoms with Crippen molar-refractivity contribution in [2.45, 2.75) is 17.7 Å². The number of hydrogen-bond acceptors (Lipinski definition) is 7. The molecule has 2 heterocycles. The maximum absolute atomic E-state index is 12.5. The lowest BCUT2D eigenvalue weighted by atomic mass is 10.0. The lowest BCUT2D eigenvalue weighted by molar-refractivity contribution is -0.152. The number of esters is 1. The van der Waals surface area contributed by atoms with Gasteiger partial charge in [-0.05, 0) is 37.1 Å². The van der Waals surface area contributed by atoms with Crippen molar-refractivity contribution in [3.05, 3.63) is 24.3 Å². The molecule has 0 bridgehead atoms. The van der Waals surface area contributed by atoms with Gasteiger partial charge in [-0.2, -0.15) is 4.31 Å². The van der Waals surface area contributed by atoms with Crippen LogP contribution in [0, 0.1) is 5.92 Å². The minimum Gasteiger partial charge on any atom is -0.490 e. The minimum atomic E-state index is -3.51. The van der Waals surface area contributed by atoms with Crippen LogP contribution >= 0.6 is 0 Å². The Morgan fingerprint density at radius 3 is 2.30 bits per heavy atom. The predicted octanol–water partition coefficient (Wildman–Crippen LogP) is 1.06. The van der Waals surface area contributed by atoms with E-state index in [0.717, 1.165) is 0 Å². The topological polar surface area (TPSA) is 91.4 Å². The zero-order valence-corrected chi connectivity index (χ0v) is 16.0. The number of hydrogen-bond donors (Lipinski definition) is 0. The van der Waals surface area contributed by atoms with Gasteiger partial charge in [0.1, 0.15) is 19.0 Å². The van der Waals surface area contributed by atoms with Gasteiger partial charge in [-0.1, -0.05) is 0 Å². The number of sulfonamides is 1. The van der Waals surface area contributed by atoms with Crippen molar-refractivity contribution in [3.63, 3.8) is 0 Å². The summed E-state index contributed by atoms with van der Waals surface area (Å²) in [6.45, 7) is 3.10. The van der Waals surface area contributed by atoms with Crippen LogP contribution in [-0.4, -0.2) is 71.4 Å². The van der Waals surface area contributed by atoms with Gasteiger partial charge in [0.25, 0.3) is 0 Å². The largest absolute Gasteiger partial charge is 0.490 e. The van der Waals surface area contributed by atoms with Crippen LogP contribution in [0.1, 0.15) is 12.8 Å². The van der Waals surface area contributed by atoms with Gasteiger partial charge in [-0.3, -0.25) is 4.79 Å². The Balaban J connectivity index is 1.44. The fourth-order valence-corrected chi connectivity index (χ4v) is 4.40. The number of ether oxygens (including phenoxy) is 4. The molecule has 0 atom stereocenters. The van der Waals surface area contributed by atoms with E-state index < -0.39 is 10.0 Å². The van der Waals surface area contributed by atoms with Crippen molar-refractivity contribution in [3.8, 4) is 5.75 Å². The third-order valence-electron chi connectivity index (χ3n) is 4.58. The monoisotopic (exact) mass is 399 g/mol. The maximum Gasteiger partial charge on any atom is 0.309 e. The van der Waals surface area contributed by atoms with E-state index in [4.69, 9.17) is 18.9 Å². The molecular formula is C18H25NO7S. The zero-order valence-electron chi connectivity index (χ0n) is 15.2. The molecule has 0 saturated carbocycles. The summed E-state index contributed by atoms with van der Waals surface area (Å²) in [6, 6.07) is 6.25. The molecule has 0 unspecified atom stereocenters. The molecule has 2 aliphatic rings. The van der Waals surface area contributed by atoms with Crippen LogP contribution in [0.25, 0.3) is 0 Å². The molecule has 3 rings (SSSR count). The Labute approximate surface area is 159 Å².